The molecule has 1 fully saturated rings. The molecular weight excluding hydrogens is 202 g/mol. The fourth-order valence-electron chi connectivity index (χ4n) is 1.53. The monoisotopic (exact) mass is 215 g/mol. The number of amides is 1. The van der Waals surface area contributed by atoms with Crippen LogP contribution in [0.2, 0.25) is 0 Å². The van der Waals surface area contributed by atoms with Gasteiger partial charge in [0.15, 0.2) is 0 Å². The summed E-state index contributed by atoms with van der Waals surface area (Å²) < 4.78 is 0. The first kappa shape index (κ1) is 11.5. The van der Waals surface area contributed by atoms with Crippen LogP contribution < -0.4 is 0 Å². The maximum atomic E-state index is 11.4. The van der Waals surface area contributed by atoms with E-state index >= 15 is 0 Å². The summed E-state index contributed by atoms with van der Waals surface area (Å²) in [4.78, 5) is 34.1. The number of carboxylic acid groups (broad SMARTS) is 2. The number of aliphatic carboxylic acids is 2. The van der Waals surface area contributed by atoms with E-state index in [-0.39, 0.29) is 13.0 Å². The van der Waals surface area contributed by atoms with Gasteiger partial charge in [-0.2, -0.15) is 0 Å². The van der Waals surface area contributed by atoms with Crippen molar-refractivity contribution in [1.82, 2.24) is 4.90 Å². The zero-order valence-corrected chi connectivity index (χ0v) is 8.56. The minimum Gasteiger partial charge on any atom is -0.481 e. The van der Waals surface area contributed by atoms with Crippen molar-refractivity contribution in [3.63, 3.8) is 0 Å². The Labute approximate surface area is 86.5 Å². The Morgan fingerprint density at radius 3 is 2.27 bits per heavy atom. The fraction of sp³-hybridized carbons (Fsp3) is 0.667. The van der Waals surface area contributed by atoms with Crippen molar-refractivity contribution in [1.29, 1.82) is 0 Å². The maximum absolute atomic E-state index is 11.4. The highest BCUT2D eigenvalue weighted by molar-refractivity contribution is 5.91. The quantitative estimate of drug-likeness (QED) is 0.678. The molecule has 6 heteroatoms. The van der Waals surface area contributed by atoms with Gasteiger partial charge in [-0.3, -0.25) is 9.59 Å². The highest BCUT2D eigenvalue weighted by Crippen LogP contribution is 2.26. The van der Waals surface area contributed by atoms with Gasteiger partial charge >= 0.3 is 11.9 Å². The molecule has 1 atom stereocenters. The van der Waals surface area contributed by atoms with E-state index in [0.29, 0.717) is 0 Å². The van der Waals surface area contributed by atoms with E-state index in [0.717, 1.165) is 4.90 Å². The van der Waals surface area contributed by atoms with Crippen LogP contribution in [0.25, 0.3) is 0 Å². The summed E-state index contributed by atoms with van der Waals surface area (Å²) in [6.45, 7) is 2.74. The maximum Gasteiger partial charge on any atom is 0.329 e. The molecule has 1 saturated heterocycles. The summed E-state index contributed by atoms with van der Waals surface area (Å²) in [6.07, 6.45) is -0.119. The number of likely N-dealkylation sites (tertiary alicyclic amines) is 1. The summed E-state index contributed by atoms with van der Waals surface area (Å²) in [7, 11) is 0. The number of nitrogens with zero attached hydrogens (tertiary/aromatic N) is 1. The van der Waals surface area contributed by atoms with Gasteiger partial charge in [-0.05, 0) is 13.8 Å². The van der Waals surface area contributed by atoms with Crippen LogP contribution in [0.5, 0.6) is 0 Å². The van der Waals surface area contributed by atoms with Gasteiger partial charge < -0.3 is 15.1 Å². The molecule has 0 aromatic carbocycles. The Morgan fingerprint density at radius 1 is 1.40 bits per heavy atom. The van der Waals surface area contributed by atoms with Crippen molar-refractivity contribution >= 4 is 17.8 Å². The van der Waals surface area contributed by atoms with Gasteiger partial charge in [-0.1, -0.05) is 0 Å². The van der Waals surface area contributed by atoms with Crippen molar-refractivity contribution in [3.8, 4) is 0 Å². The summed E-state index contributed by atoms with van der Waals surface area (Å²) >= 11 is 0. The van der Waals surface area contributed by atoms with E-state index in [1.54, 1.807) is 0 Å². The molecule has 1 amide bonds. The van der Waals surface area contributed by atoms with E-state index in [4.69, 9.17) is 10.2 Å². The van der Waals surface area contributed by atoms with Gasteiger partial charge in [0.25, 0.3) is 0 Å². The lowest BCUT2D eigenvalue weighted by molar-refractivity contribution is -0.154. The summed E-state index contributed by atoms with van der Waals surface area (Å²) in [5.41, 5.74) is -1.35. The SMILES string of the molecule is CC(C)(C(=O)O)N1CC(C(=O)O)CC1=O. The predicted octanol–water partition coefficient (Wildman–Crippen LogP) is -0.217. The molecule has 1 unspecified atom stereocenters. The number of carbonyl (C=O) groups is 3. The molecular formula is C9H13NO5. The zero-order valence-electron chi connectivity index (χ0n) is 8.56. The molecule has 84 valence electrons. The zero-order chi connectivity index (χ0) is 11.8. The lowest BCUT2D eigenvalue weighted by Gasteiger charge is -2.31. The molecule has 0 bridgehead atoms. The van der Waals surface area contributed by atoms with Gasteiger partial charge in [0.05, 0.1) is 5.92 Å². The molecule has 0 aromatic rings. The molecule has 2 N–H and O–H groups in total. The minimum atomic E-state index is -1.35. The number of hydrogen-bond acceptors (Lipinski definition) is 3. The van der Waals surface area contributed by atoms with Crippen LogP contribution in [0.4, 0.5) is 0 Å². The van der Waals surface area contributed by atoms with Crippen molar-refractivity contribution in [2.45, 2.75) is 25.8 Å². The predicted molar refractivity (Wildman–Crippen MR) is 49.2 cm³/mol. The number of carbonyl (C=O) groups excluding carboxylic acids is 1. The van der Waals surface area contributed by atoms with E-state index < -0.39 is 29.3 Å². The summed E-state index contributed by atoms with van der Waals surface area (Å²) in [6, 6.07) is 0. The first-order chi connectivity index (χ1) is 6.76. The second-order valence-corrected chi connectivity index (χ2v) is 4.11. The van der Waals surface area contributed by atoms with E-state index in [2.05, 4.69) is 0 Å². The lowest BCUT2D eigenvalue weighted by Crippen LogP contribution is -2.51. The van der Waals surface area contributed by atoms with Gasteiger partial charge in [0.1, 0.15) is 5.54 Å². The Balaban J connectivity index is 2.86. The molecule has 1 heterocycles. The molecule has 1 rings (SSSR count). The van der Waals surface area contributed by atoms with Crippen molar-refractivity contribution in [3.05, 3.63) is 0 Å². The average molecular weight is 215 g/mol. The molecule has 0 aromatic heterocycles. The minimum absolute atomic E-state index is 0.0343. The molecule has 0 saturated carbocycles. The Morgan fingerprint density at radius 2 is 1.93 bits per heavy atom. The number of carboxylic acids is 2. The average Bonchev–Trinajstić information content (AvgIpc) is 2.47. The van der Waals surface area contributed by atoms with E-state index in [9.17, 15) is 14.4 Å². The normalized spacial score (nSPS) is 21.9. The van der Waals surface area contributed by atoms with Gasteiger partial charge in [-0.25, -0.2) is 4.79 Å². The first-order valence-electron chi connectivity index (χ1n) is 4.53. The molecule has 0 radical (unpaired) electrons. The van der Waals surface area contributed by atoms with E-state index in [1.807, 2.05) is 0 Å². The lowest BCUT2D eigenvalue weighted by atomic mass is 10.0. The van der Waals surface area contributed by atoms with Crippen LogP contribution in [0.3, 0.4) is 0 Å². The van der Waals surface area contributed by atoms with Gasteiger partial charge in [0.2, 0.25) is 5.91 Å². The van der Waals surface area contributed by atoms with Gasteiger partial charge in [0, 0.05) is 13.0 Å². The van der Waals surface area contributed by atoms with Crippen LogP contribution in [0, 0.1) is 5.92 Å². The number of rotatable bonds is 3. The highest BCUT2D eigenvalue weighted by Gasteiger charge is 2.45. The highest BCUT2D eigenvalue weighted by atomic mass is 16.4. The Bertz CT molecular complexity index is 322. The van der Waals surface area contributed by atoms with Crippen LogP contribution >= 0.6 is 0 Å². The summed E-state index contributed by atoms with van der Waals surface area (Å²) in [5, 5.41) is 17.6. The topological polar surface area (TPSA) is 94.9 Å². The van der Waals surface area contributed by atoms with Crippen LogP contribution in [0.15, 0.2) is 0 Å². The third kappa shape index (κ3) is 1.93. The second-order valence-electron chi connectivity index (χ2n) is 4.11. The van der Waals surface area contributed by atoms with Crippen LogP contribution in [-0.2, 0) is 14.4 Å². The molecule has 1 aliphatic heterocycles. The first-order valence-corrected chi connectivity index (χ1v) is 4.53. The third-order valence-electron chi connectivity index (χ3n) is 2.67. The Kier molecular flexibility index (Phi) is 2.70. The molecule has 0 spiro atoms. The van der Waals surface area contributed by atoms with E-state index in [1.165, 1.54) is 13.8 Å². The summed E-state index contributed by atoms with van der Waals surface area (Å²) in [5.74, 6) is -3.42. The molecule has 0 aliphatic carbocycles. The van der Waals surface area contributed by atoms with Crippen LogP contribution in [-0.4, -0.2) is 45.0 Å². The van der Waals surface area contributed by atoms with Gasteiger partial charge in [-0.15, -0.1) is 0 Å². The van der Waals surface area contributed by atoms with Crippen molar-refractivity contribution < 1.29 is 24.6 Å². The Hall–Kier alpha value is -1.59. The number of hydrogen-bond donors (Lipinski definition) is 2. The fourth-order valence-corrected chi connectivity index (χ4v) is 1.53. The van der Waals surface area contributed by atoms with Crippen molar-refractivity contribution in [2.75, 3.05) is 6.54 Å². The smallest absolute Gasteiger partial charge is 0.329 e. The standard InChI is InChI=1S/C9H13NO5/c1-9(2,8(14)15)10-4-5(7(12)13)3-6(10)11/h5H,3-4H2,1-2H3,(H,12,13)(H,14,15). The second kappa shape index (κ2) is 3.52. The molecule has 1 aliphatic rings. The largest absolute Gasteiger partial charge is 0.481 e. The van der Waals surface area contributed by atoms with Crippen LogP contribution in [0.1, 0.15) is 20.3 Å². The van der Waals surface area contributed by atoms with Crippen molar-refractivity contribution in [2.24, 2.45) is 5.92 Å². The molecule has 15 heavy (non-hydrogen) atoms. The third-order valence-corrected chi connectivity index (χ3v) is 2.67. The molecule has 6 nitrogen and oxygen atoms in total.